The lowest BCUT2D eigenvalue weighted by Crippen LogP contribution is -2.30. The molecule has 0 bridgehead atoms. The van der Waals surface area contributed by atoms with Gasteiger partial charge in [-0.1, -0.05) is 81.1 Å². The average Bonchev–Trinajstić information content (AvgIpc) is 2.74. The molecule has 152 valence electrons. The van der Waals surface area contributed by atoms with E-state index in [1.54, 1.807) is 0 Å². The lowest BCUT2D eigenvalue weighted by atomic mass is 9.96. The number of nitrogens with zero attached hydrogens (tertiary/aromatic N) is 1. The molecule has 1 atom stereocenters. The molecule has 0 radical (unpaired) electrons. The summed E-state index contributed by atoms with van der Waals surface area (Å²) < 4.78 is 0. The number of benzene rings is 2. The Morgan fingerprint density at radius 2 is 1.76 bits per heavy atom. The van der Waals surface area contributed by atoms with Gasteiger partial charge >= 0.3 is 0 Å². The van der Waals surface area contributed by atoms with Crippen LogP contribution in [0.1, 0.15) is 61.0 Å². The minimum atomic E-state index is 0.00408. The number of para-hydroxylation sites is 1. The van der Waals surface area contributed by atoms with Crippen LogP contribution in [0.25, 0.3) is 22.2 Å². The van der Waals surface area contributed by atoms with Crippen LogP contribution in [0.15, 0.2) is 48.5 Å². The molecule has 1 heterocycles. The summed E-state index contributed by atoms with van der Waals surface area (Å²) in [4.78, 5) is 18.2. The Kier molecular flexibility index (Phi) is 7.03. The predicted octanol–water partition coefficient (Wildman–Crippen LogP) is 6.46. The van der Waals surface area contributed by atoms with E-state index < -0.39 is 0 Å². The quantitative estimate of drug-likeness (QED) is 0.481. The number of hydrogen-bond donors (Lipinski definition) is 1. The van der Waals surface area contributed by atoms with Crippen molar-refractivity contribution < 1.29 is 4.79 Å². The Hall–Kier alpha value is -2.68. The summed E-state index contributed by atoms with van der Waals surface area (Å²) in [7, 11) is 0. The van der Waals surface area contributed by atoms with Gasteiger partial charge in [0.15, 0.2) is 0 Å². The predicted molar refractivity (Wildman–Crippen MR) is 122 cm³/mol. The van der Waals surface area contributed by atoms with Gasteiger partial charge in [-0.2, -0.15) is 0 Å². The molecule has 0 aliphatic carbocycles. The molecule has 1 amide bonds. The van der Waals surface area contributed by atoms with Gasteiger partial charge in [-0.3, -0.25) is 4.79 Å². The summed E-state index contributed by atoms with van der Waals surface area (Å²) in [5, 5.41) is 4.13. The number of rotatable bonds is 8. The van der Waals surface area contributed by atoms with Crippen LogP contribution < -0.4 is 5.32 Å². The Labute approximate surface area is 174 Å². The third-order valence-corrected chi connectivity index (χ3v) is 5.78. The highest BCUT2D eigenvalue weighted by Crippen LogP contribution is 2.30. The normalized spacial score (nSPS) is 12.1. The summed E-state index contributed by atoms with van der Waals surface area (Å²) in [6.07, 6.45) is 4.66. The Morgan fingerprint density at radius 1 is 1.03 bits per heavy atom. The van der Waals surface area contributed by atoms with E-state index >= 15 is 0 Å². The zero-order valence-electron chi connectivity index (χ0n) is 18.1. The lowest BCUT2D eigenvalue weighted by molar-refractivity contribution is 0.0947. The number of nitrogens with one attached hydrogen (secondary N) is 1. The number of aromatic nitrogens is 1. The molecule has 0 aliphatic heterocycles. The van der Waals surface area contributed by atoms with E-state index in [0.29, 0.717) is 5.92 Å². The zero-order valence-corrected chi connectivity index (χ0v) is 18.1. The minimum absolute atomic E-state index is 0.00408. The van der Waals surface area contributed by atoms with Crippen LogP contribution >= 0.6 is 0 Å². The van der Waals surface area contributed by atoms with E-state index in [-0.39, 0.29) is 5.91 Å². The number of hydrogen-bond acceptors (Lipinski definition) is 2. The van der Waals surface area contributed by atoms with Crippen LogP contribution in [-0.2, 0) is 0 Å². The molecule has 3 nitrogen and oxygen atoms in total. The van der Waals surface area contributed by atoms with E-state index in [1.165, 1.54) is 18.4 Å². The van der Waals surface area contributed by atoms with E-state index in [2.05, 4.69) is 50.4 Å². The monoisotopic (exact) mass is 388 g/mol. The van der Waals surface area contributed by atoms with Gasteiger partial charge in [-0.15, -0.1) is 0 Å². The molecule has 0 spiro atoms. The van der Waals surface area contributed by atoms with Gasteiger partial charge in [0.25, 0.3) is 5.91 Å². The van der Waals surface area contributed by atoms with Crippen molar-refractivity contribution in [3.05, 3.63) is 65.2 Å². The van der Waals surface area contributed by atoms with E-state index in [9.17, 15) is 4.79 Å². The fourth-order valence-electron chi connectivity index (χ4n) is 3.86. The SMILES string of the molecule is CCCCC(CC)CNC(=O)c1c(C)c(-c2ccc(C)cc2)nc2ccccc12. The number of pyridine rings is 1. The first-order chi connectivity index (χ1) is 14.0. The molecule has 3 aromatic rings. The fourth-order valence-corrected chi connectivity index (χ4v) is 3.86. The van der Waals surface area contributed by atoms with E-state index in [1.807, 2.05) is 31.2 Å². The van der Waals surface area contributed by atoms with Crippen LogP contribution in [0.2, 0.25) is 0 Å². The highest BCUT2D eigenvalue weighted by Gasteiger charge is 2.19. The summed E-state index contributed by atoms with van der Waals surface area (Å²) in [6, 6.07) is 16.3. The Balaban J connectivity index is 1.98. The van der Waals surface area contributed by atoms with Crippen LogP contribution in [0.4, 0.5) is 0 Å². The summed E-state index contributed by atoms with van der Waals surface area (Å²) in [6.45, 7) is 9.23. The third kappa shape index (κ3) is 4.84. The largest absolute Gasteiger partial charge is 0.352 e. The summed E-state index contributed by atoms with van der Waals surface area (Å²) in [5.41, 5.74) is 5.68. The Morgan fingerprint density at radius 3 is 2.45 bits per heavy atom. The van der Waals surface area contributed by atoms with E-state index in [0.717, 1.165) is 52.7 Å². The molecule has 3 rings (SSSR count). The van der Waals surface area contributed by atoms with Crippen LogP contribution in [0, 0.1) is 19.8 Å². The van der Waals surface area contributed by atoms with Gasteiger partial charge < -0.3 is 5.32 Å². The first-order valence-corrected chi connectivity index (χ1v) is 10.8. The van der Waals surface area contributed by atoms with Crippen molar-refractivity contribution in [3.8, 4) is 11.3 Å². The van der Waals surface area contributed by atoms with E-state index in [4.69, 9.17) is 4.98 Å². The molecule has 0 aliphatic rings. The number of aryl methyl sites for hydroxylation is 1. The first-order valence-electron chi connectivity index (χ1n) is 10.8. The van der Waals surface area contributed by atoms with Crippen molar-refractivity contribution >= 4 is 16.8 Å². The third-order valence-electron chi connectivity index (χ3n) is 5.78. The minimum Gasteiger partial charge on any atom is -0.352 e. The first kappa shape index (κ1) is 21.0. The summed E-state index contributed by atoms with van der Waals surface area (Å²) in [5.74, 6) is 0.535. The molecule has 0 saturated heterocycles. The highest BCUT2D eigenvalue weighted by molar-refractivity contribution is 6.08. The summed E-state index contributed by atoms with van der Waals surface area (Å²) >= 11 is 0. The van der Waals surface area contributed by atoms with Crippen molar-refractivity contribution in [3.63, 3.8) is 0 Å². The number of amides is 1. The van der Waals surface area contributed by atoms with Crippen molar-refractivity contribution in [1.82, 2.24) is 10.3 Å². The molecular weight excluding hydrogens is 356 g/mol. The topological polar surface area (TPSA) is 42.0 Å². The number of carbonyl (C=O) groups is 1. The van der Waals surface area contributed by atoms with Gasteiger partial charge in [0.1, 0.15) is 0 Å². The van der Waals surface area contributed by atoms with Gasteiger partial charge in [0.2, 0.25) is 0 Å². The second-order valence-electron chi connectivity index (χ2n) is 7.97. The standard InChI is InChI=1S/C26H32N2O/c1-5-7-10-20(6-2)17-27-26(29)24-19(4)25(21-15-13-18(3)14-16-21)28-23-12-9-8-11-22(23)24/h8-9,11-16,20H,5-7,10,17H2,1-4H3,(H,27,29). The molecule has 1 unspecified atom stereocenters. The van der Waals surface area contributed by atoms with Gasteiger partial charge in [-0.05, 0) is 37.8 Å². The maximum atomic E-state index is 13.3. The smallest absolute Gasteiger partial charge is 0.252 e. The molecular formula is C26H32N2O. The maximum absolute atomic E-state index is 13.3. The van der Waals surface area contributed by atoms with Crippen molar-refractivity contribution in [2.75, 3.05) is 6.54 Å². The fraction of sp³-hybridized carbons (Fsp3) is 0.385. The van der Waals surface area contributed by atoms with Crippen LogP contribution in [0.5, 0.6) is 0 Å². The second kappa shape index (κ2) is 9.69. The molecule has 0 saturated carbocycles. The van der Waals surface area contributed by atoms with Crippen LogP contribution in [0.3, 0.4) is 0 Å². The van der Waals surface area contributed by atoms with Gasteiger partial charge in [0, 0.05) is 17.5 Å². The molecule has 0 fully saturated rings. The molecule has 1 N–H and O–H groups in total. The molecule has 1 aromatic heterocycles. The molecule has 2 aromatic carbocycles. The van der Waals surface area contributed by atoms with Gasteiger partial charge in [0.05, 0.1) is 16.8 Å². The zero-order chi connectivity index (χ0) is 20.8. The maximum Gasteiger partial charge on any atom is 0.252 e. The van der Waals surface area contributed by atoms with Crippen LogP contribution in [-0.4, -0.2) is 17.4 Å². The number of unbranched alkanes of at least 4 members (excludes halogenated alkanes) is 1. The van der Waals surface area contributed by atoms with Crippen molar-refractivity contribution in [1.29, 1.82) is 0 Å². The van der Waals surface area contributed by atoms with Crippen molar-refractivity contribution in [2.45, 2.75) is 53.4 Å². The molecule has 3 heteroatoms. The lowest BCUT2D eigenvalue weighted by Gasteiger charge is -2.18. The molecule has 29 heavy (non-hydrogen) atoms. The van der Waals surface area contributed by atoms with Crippen molar-refractivity contribution in [2.24, 2.45) is 5.92 Å². The number of carbonyl (C=O) groups excluding carboxylic acids is 1. The van der Waals surface area contributed by atoms with Gasteiger partial charge in [-0.25, -0.2) is 4.98 Å². The average molecular weight is 389 g/mol. The highest BCUT2D eigenvalue weighted by atomic mass is 16.1. The Bertz CT molecular complexity index is 976. The number of fused-ring (bicyclic) bond motifs is 1. The second-order valence-corrected chi connectivity index (χ2v) is 7.97.